The summed E-state index contributed by atoms with van der Waals surface area (Å²) >= 11 is 0. The van der Waals surface area contributed by atoms with Gasteiger partial charge in [0, 0.05) is 17.9 Å². The maximum atomic E-state index is 13.0. The molecule has 0 fully saturated rings. The van der Waals surface area contributed by atoms with Gasteiger partial charge >= 0.3 is 5.63 Å². The Balaban J connectivity index is 1.70. The van der Waals surface area contributed by atoms with Crippen LogP contribution in [0.2, 0.25) is 0 Å². The highest BCUT2D eigenvalue weighted by Crippen LogP contribution is 2.35. The van der Waals surface area contributed by atoms with Crippen molar-refractivity contribution in [2.45, 2.75) is 44.9 Å². The van der Waals surface area contributed by atoms with Crippen LogP contribution in [0.3, 0.4) is 0 Å². The molecule has 3 heteroatoms. The van der Waals surface area contributed by atoms with Crippen molar-refractivity contribution in [3.05, 3.63) is 112 Å². The topological polar surface area (TPSA) is 50.4 Å². The second kappa shape index (κ2) is 9.22. The summed E-state index contributed by atoms with van der Waals surface area (Å²) in [5.74, 6) is 0.392. The molecule has 0 spiro atoms. The normalized spacial score (nSPS) is 13.2. The lowest BCUT2D eigenvalue weighted by Crippen LogP contribution is -2.16. The zero-order valence-corrected chi connectivity index (χ0v) is 18.0. The van der Waals surface area contributed by atoms with Crippen LogP contribution in [0.25, 0.3) is 10.8 Å². The molecule has 0 aliphatic carbocycles. The maximum absolute atomic E-state index is 13.0. The summed E-state index contributed by atoms with van der Waals surface area (Å²) in [6, 6.07) is 26.1. The van der Waals surface area contributed by atoms with Crippen molar-refractivity contribution >= 4 is 10.8 Å². The van der Waals surface area contributed by atoms with Crippen LogP contribution in [0.4, 0.5) is 0 Å². The van der Waals surface area contributed by atoms with Gasteiger partial charge in [0.15, 0.2) is 0 Å². The first-order chi connectivity index (χ1) is 15.1. The van der Waals surface area contributed by atoms with Gasteiger partial charge in [-0.2, -0.15) is 0 Å². The molecule has 1 N–H and O–H groups in total. The molecule has 2 unspecified atom stereocenters. The van der Waals surface area contributed by atoms with Crippen LogP contribution in [-0.2, 0) is 6.42 Å². The molecule has 0 radical (unpaired) electrons. The highest BCUT2D eigenvalue weighted by molar-refractivity contribution is 5.85. The zero-order valence-electron chi connectivity index (χ0n) is 18.0. The summed E-state index contributed by atoms with van der Waals surface area (Å²) < 4.78 is 5.82. The highest BCUT2D eigenvalue weighted by atomic mass is 16.4. The molecule has 31 heavy (non-hydrogen) atoms. The van der Waals surface area contributed by atoms with E-state index in [2.05, 4.69) is 37.3 Å². The van der Waals surface area contributed by atoms with Crippen LogP contribution in [0, 0.1) is 0 Å². The molecule has 0 saturated heterocycles. The van der Waals surface area contributed by atoms with E-state index in [-0.39, 0.29) is 17.6 Å². The van der Waals surface area contributed by atoms with Crippen molar-refractivity contribution in [3.63, 3.8) is 0 Å². The lowest BCUT2D eigenvalue weighted by atomic mass is 9.88. The van der Waals surface area contributed by atoms with Crippen molar-refractivity contribution < 1.29 is 9.52 Å². The monoisotopic (exact) mass is 412 g/mol. The Morgan fingerprint density at radius 2 is 1.58 bits per heavy atom. The lowest BCUT2D eigenvalue weighted by Gasteiger charge is -2.19. The minimum absolute atomic E-state index is 0.00950. The average molecular weight is 413 g/mol. The SMILES string of the molecule is CCC(Cc1cccc2ccccc12)c1cc(O)c(C(CC)c2ccccc2)c(=O)o1. The maximum Gasteiger partial charge on any atom is 0.343 e. The summed E-state index contributed by atoms with van der Waals surface area (Å²) in [6.45, 7) is 4.10. The van der Waals surface area contributed by atoms with Crippen LogP contribution in [0.15, 0.2) is 88.1 Å². The van der Waals surface area contributed by atoms with Gasteiger partial charge in [0.05, 0.1) is 5.56 Å². The van der Waals surface area contributed by atoms with Gasteiger partial charge in [-0.25, -0.2) is 4.79 Å². The first kappa shape index (κ1) is 20.9. The minimum atomic E-state index is -0.443. The zero-order chi connectivity index (χ0) is 21.8. The van der Waals surface area contributed by atoms with Crippen molar-refractivity contribution in [3.8, 4) is 5.75 Å². The van der Waals surface area contributed by atoms with Crippen LogP contribution >= 0.6 is 0 Å². The van der Waals surface area contributed by atoms with E-state index in [0.29, 0.717) is 17.7 Å². The first-order valence-corrected chi connectivity index (χ1v) is 11.0. The van der Waals surface area contributed by atoms with Gasteiger partial charge < -0.3 is 9.52 Å². The first-order valence-electron chi connectivity index (χ1n) is 11.0. The number of hydrogen-bond donors (Lipinski definition) is 1. The van der Waals surface area contributed by atoms with E-state index in [9.17, 15) is 9.90 Å². The fourth-order valence-corrected chi connectivity index (χ4v) is 4.50. The van der Waals surface area contributed by atoms with Gasteiger partial charge in [-0.3, -0.25) is 0 Å². The van der Waals surface area contributed by atoms with E-state index in [1.165, 1.54) is 16.3 Å². The van der Waals surface area contributed by atoms with Crippen molar-refractivity contribution in [1.82, 2.24) is 0 Å². The molecule has 0 bridgehead atoms. The minimum Gasteiger partial charge on any atom is -0.507 e. The fourth-order valence-electron chi connectivity index (χ4n) is 4.50. The molecule has 1 heterocycles. The summed E-state index contributed by atoms with van der Waals surface area (Å²) in [4.78, 5) is 13.0. The predicted molar refractivity (Wildman–Crippen MR) is 126 cm³/mol. The Labute approximate surface area is 183 Å². The second-order valence-corrected chi connectivity index (χ2v) is 8.05. The van der Waals surface area contributed by atoms with Gasteiger partial charge in [-0.1, -0.05) is 86.6 Å². The lowest BCUT2D eigenvalue weighted by molar-refractivity contribution is 0.381. The Kier molecular flexibility index (Phi) is 6.22. The van der Waals surface area contributed by atoms with Crippen molar-refractivity contribution in [2.24, 2.45) is 0 Å². The van der Waals surface area contributed by atoms with E-state index in [1.54, 1.807) is 6.07 Å². The third-order valence-electron chi connectivity index (χ3n) is 6.19. The predicted octanol–water partition coefficient (Wildman–Crippen LogP) is 6.78. The van der Waals surface area contributed by atoms with E-state index < -0.39 is 5.63 Å². The molecule has 158 valence electrons. The summed E-state index contributed by atoms with van der Waals surface area (Å²) in [5, 5.41) is 13.3. The third-order valence-corrected chi connectivity index (χ3v) is 6.19. The van der Waals surface area contributed by atoms with Crippen molar-refractivity contribution in [2.75, 3.05) is 0 Å². The third kappa shape index (κ3) is 4.27. The Bertz CT molecular complexity index is 1220. The van der Waals surface area contributed by atoms with Crippen molar-refractivity contribution in [1.29, 1.82) is 0 Å². The molecule has 0 aliphatic heterocycles. The molecule has 3 nitrogen and oxygen atoms in total. The molecule has 4 aromatic rings. The second-order valence-electron chi connectivity index (χ2n) is 8.05. The Morgan fingerprint density at radius 3 is 2.29 bits per heavy atom. The van der Waals surface area contributed by atoms with Gasteiger partial charge in [-0.05, 0) is 41.2 Å². The Morgan fingerprint density at radius 1 is 0.871 bits per heavy atom. The number of aromatic hydroxyl groups is 1. The molecule has 0 saturated carbocycles. The number of fused-ring (bicyclic) bond motifs is 1. The van der Waals surface area contributed by atoms with Gasteiger partial charge in [0.2, 0.25) is 0 Å². The number of benzene rings is 3. The summed E-state index contributed by atoms with van der Waals surface area (Å²) in [5.41, 5.74) is 2.12. The molecule has 2 atom stereocenters. The smallest absolute Gasteiger partial charge is 0.343 e. The largest absolute Gasteiger partial charge is 0.507 e. The summed E-state index contributed by atoms with van der Waals surface area (Å²) in [7, 11) is 0. The van der Waals surface area contributed by atoms with Gasteiger partial charge in [0.1, 0.15) is 11.5 Å². The van der Waals surface area contributed by atoms with E-state index in [0.717, 1.165) is 18.4 Å². The van der Waals surface area contributed by atoms with Gasteiger partial charge in [0.25, 0.3) is 0 Å². The van der Waals surface area contributed by atoms with E-state index >= 15 is 0 Å². The molecular weight excluding hydrogens is 384 g/mol. The Hall–Kier alpha value is -3.33. The van der Waals surface area contributed by atoms with E-state index in [4.69, 9.17) is 4.42 Å². The molecular formula is C28H28O3. The quantitative estimate of drug-likeness (QED) is 0.364. The molecule has 1 aromatic heterocycles. The highest BCUT2D eigenvalue weighted by Gasteiger charge is 2.24. The van der Waals surface area contributed by atoms with Crippen LogP contribution < -0.4 is 5.63 Å². The molecule has 3 aromatic carbocycles. The average Bonchev–Trinajstić information content (AvgIpc) is 2.80. The molecule has 0 aliphatic rings. The van der Waals surface area contributed by atoms with Crippen LogP contribution in [-0.4, -0.2) is 5.11 Å². The van der Waals surface area contributed by atoms with E-state index in [1.807, 2.05) is 49.4 Å². The molecule has 4 rings (SSSR count). The van der Waals surface area contributed by atoms with Crippen LogP contribution in [0.1, 0.15) is 61.0 Å². The summed E-state index contributed by atoms with van der Waals surface area (Å²) in [6.07, 6.45) is 2.26. The number of hydrogen-bond acceptors (Lipinski definition) is 3. The molecule has 0 amide bonds. The van der Waals surface area contributed by atoms with Gasteiger partial charge in [-0.15, -0.1) is 0 Å². The fraction of sp³-hybridized carbons (Fsp3) is 0.250. The standard InChI is InChI=1S/C28H28O3/c1-3-19(17-22-15-10-14-21-13-8-9-16-24(21)22)26-18-25(29)27(28(30)31-26)23(4-2)20-11-6-5-7-12-20/h5-16,18-19,23,29H,3-4,17H2,1-2H3. The van der Waals surface area contributed by atoms with Crippen LogP contribution in [0.5, 0.6) is 5.75 Å². The number of rotatable bonds is 7.